The molecule has 0 aromatic rings. The van der Waals surface area contributed by atoms with Crippen molar-refractivity contribution in [3.8, 4) is 0 Å². The van der Waals surface area contributed by atoms with Crippen LogP contribution >= 0.6 is 0 Å². The van der Waals surface area contributed by atoms with Crippen LogP contribution in [0.25, 0.3) is 0 Å². The van der Waals surface area contributed by atoms with Gasteiger partial charge in [0.05, 0.1) is 0 Å². The molecule has 92 valence electrons. The van der Waals surface area contributed by atoms with Gasteiger partial charge >= 0.3 is 0 Å². The molecule has 1 heteroatoms. The molecular weight excluding hydrogens is 206 g/mol. The quantitative estimate of drug-likeness (QED) is 0.334. The molecule has 0 saturated heterocycles. The molecule has 0 aromatic heterocycles. The van der Waals surface area contributed by atoms with Crippen LogP contribution in [0, 0.1) is 0 Å². The minimum Gasteiger partial charge on any atom is -0.388 e. The molecule has 17 heavy (non-hydrogen) atoms. The van der Waals surface area contributed by atoms with Gasteiger partial charge in [-0.25, -0.2) is 0 Å². The third kappa shape index (κ3) is 14.2. The second-order valence-corrected chi connectivity index (χ2v) is 3.43. The molecule has 0 atom stereocenters. The zero-order chi connectivity index (χ0) is 12.6. The third-order valence-corrected chi connectivity index (χ3v) is 1.94. The molecule has 1 N–H and O–H groups in total. The first-order chi connectivity index (χ1) is 8.41. The van der Waals surface area contributed by atoms with Gasteiger partial charge in [-0.15, -0.1) is 6.58 Å². The van der Waals surface area contributed by atoms with Crippen LogP contribution in [0.15, 0.2) is 74.0 Å². The van der Waals surface area contributed by atoms with Gasteiger partial charge in [-0.05, 0) is 25.5 Å². The van der Waals surface area contributed by atoms with Crippen LogP contribution in [0.3, 0.4) is 0 Å². The topological polar surface area (TPSA) is 12.0 Å². The fourth-order valence-electron chi connectivity index (χ4n) is 1.07. The van der Waals surface area contributed by atoms with Crippen LogP contribution < -0.4 is 5.32 Å². The van der Waals surface area contributed by atoms with E-state index in [4.69, 9.17) is 0 Å². The van der Waals surface area contributed by atoms with Gasteiger partial charge in [-0.3, -0.25) is 0 Å². The van der Waals surface area contributed by atoms with Crippen molar-refractivity contribution in [3.05, 3.63) is 74.0 Å². The standard InChI is InChI=1S/C16H23N/c1-3-5-7-9-10-11-12-14-16-17-15-13-8-6-4-2/h3-5,7,10-15,17H,1-2,6,8-9,16H2/b7-5-,11-10-,14-12-,15-13+. The lowest BCUT2D eigenvalue weighted by molar-refractivity contribution is 0.958. The summed E-state index contributed by atoms with van der Waals surface area (Å²) in [6.45, 7) is 8.14. The SMILES string of the molecule is C=C/C=C\C/C=C\C=C/CN/C=C/CCC=C. The summed E-state index contributed by atoms with van der Waals surface area (Å²) in [6.07, 6.45) is 23.2. The molecule has 0 saturated carbocycles. The summed E-state index contributed by atoms with van der Waals surface area (Å²) in [5.41, 5.74) is 0. The number of hydrogen-bond donors (Lipinski definition) is 1. The maximum absolute atomic E-state index is 3.67. The van der Waals surface area contributed by atoms with Crippen molar-refractivity contribution in [2.45, 2.75) is 19.3 Å². The van der Waals surface area contributed by atoms with E-state index < -0.39 is 0 Å². The minimum atomic E-state index is 0.859. The molecule has 0 heterocycles. The van der Waals surface area contributed by atoms with Crippen molar-refractivity contribution in [3.63, 3.8) is 0 Å². The second kappa shape index (κ2) is 14.2. The van der Waals surface area contributed by atoms with Crippen LogP contribution in [0.5, 0.6) is 0 Å². The Morgan fingerprint density at radius 2 is 1.59 bits per heavy atom. The fourth-order valence-corrected chi connectivity index (χ4v) is 1.07. The monoisotopic (exact) mass is 229 g/mol. The zero-order valence-corrected chi connectivity index (χ0v) is 10.5. The molecule has 0 unspecified atom stereocenters. The van der Waals surface area contributed by atoms with Crippen molar-refractivity contribution in [2.75, 3.05) is 6.54 Å². The van der Waals surface area contributed by atoms with Gasteiger partial charge in [0.2, 0.25) is 0 Å². The molecule has 0 amide bonds. The lowest BCUT2D eigenvalue weighted by atomic mass is 10.3. The van der Waals surface area contributed by atoms with Crippen LogP contribution in [-0.2, 0) is 0 Å². The van der Waals surface area contributed by atoms with Gasteiger partial charge in [0, 0.05) is 6.54 Å². The van der Waals surface area contributed by atoms with E-state index in [2.05, 4.69) is 48.9 Å². The Morgan fingerprint density at radius 3 is 2.35 bits per heavy atom. The van der Waals surface area contributed by atoms with Crippen molar-refractivity contribution in [2.24, 2.45) is 0 Å². The van der Waals surface area contributed by atoms with E-state index in [0.717, 1.165) is 25.8 Å². The van der Waals surface area contributed by atoms with Crippen LogP contribution in [-0.4, -0.2) is 6.54 Å². The molecule has 0 fully saturated rings. The van der Waals surface area contributed by atoms with Gasteiger partial charge < -0.3 is 5.32 Å². The Morgan fingerprint density at radius 1 is 0.824 bits per heavy atom. The van der Waals surface area contributed by atoms with Crippen molar-refractivity contribution in [1.82, 2.24) is 5.32 Å². The Kier molecular flexibility index (Phi) is 12.8. The van der Waals surface area contributed by atoms with Gasteiger partial charge in [-0.2, -0.15) is 0 Å². The minimum absolute atomic E-state index is 0.859. The fraction of sp³-hybridized carbons (Fsp3) is 0.250. The highest BCUT2D eigenvalue weighted by Crippen LogP contribution is 1.89. The summed E-state index contributed by atoms with van der Waals surface area (Å²) < 4.78 is 0. The maximum Gasteiger partial charge on any atom is 0.0328 e. The molecule has 0 aliphatic heterocycles. The second-order valence-electron chi connectivity index (χ2n) is 3.43. The lowest BCUT2D eigenvalue weighted by Gasteiger charge is -1.92. The first-order valence-electron chi connectivity index (χ1n) is 6.00. The summed E-state index contributed by atoms with van der Waals surface area (Å²) in [7, 11) is 0. The Hall–Kier alpha value is -1.76. The molecule has 0 aliphatic carbocycles. The van der Waals surface area contributed by atoms with E-state index in [0.29, 0.717) is 0 Å². The smallest absolute Gasteiger partial charge is 0.0328 e. The maximum atomic E-state index is 3.67. The Balaban J connectivity index is 3.41. The normalized spacial score (nSPS) is 12.0. The molecule has 0 spiro atoms. The molecule has 1 nitrogen and oxygen atoms in total. The predicted molar refractivity (Wildman–Crippen MR) is 78.8 cm³/mol. The van der Waals surface area contributed by atoms with Crippen LogP contribution in [0.4, 0.5) is 0 Å². The number of allylic oxidation sites excluding steroid dienone is 8. The van der Waals surface area contributed by atoms with Gasteiger partial charge in [0.25, 0.3) is 0 Å². The van der Waals surface area contributed by atoms with Crippen LogP contribution in [0.2, 0.25) is 0 Å². The van der Waals surface area contributed by atoms with E-state index >= 15 is 0 Å². The van der Waals surface area contributed by atoms with Crippen molar-refractivity contribution >= 4 is 0 Å². The summed E-state index contributed by atoms with van der Waals surface area (Å²) >= 11 is 0. The number of nitrogens with one attached hydrogen (secondary N) is 1. The molecular formula is C16H23N. The average Bonchev–Trinajstić information content (AvgIpc) is 2.35. The molecule has 0 bridgehead atoms. The number of rotatable bonds is 10. The Bertz CT molecular complexity index is 293. The lowest BCUT2D eigenvalue weighted by Crippen LogP contribution is -2.02. The zero-order valence-electron chi connectivity index (χ0n) is 10.5. The van der Waals surface area contributed by atoms with Gasteiger partial charge in [-0.1, -0.05) is 61.3 Å². The van der Waals surface area contributed by atoms with E-state index in [1.165, 1.54) is 0 Å². The molecule has 0 aliphatic rings. The highest BCUT2D eigenvalue weighted by atomic mass is 14.8. The number of hydrogen-bond acceptors (Lipinski definition) is 1. The van der Waals surface area contributed by atoms with E-state index in [9.17, 15) is 0 Å². The molecule has 0 rings (SSSR count). The Labute approximate surface area is 106 Å². The molecule has 0 radical (unpaired) electrons. The van der Waals surface area contributed by atoms with Gasteiger partial charge in [0.1, 0.15) is 0 Å². The third-order valence-electron chi connectivity index (χ3n) is 1.94. The van der Waals surface area contributed by atoms with E-state index in [1.807, 2.05) is 24.4 Å². The summed E-state index contributed by atoms with van der Waals surface area (Å²) in [5.74, 6) is 0. The van der Waals surface area contributed by atoms with E-state index in [1.54, 1.807) is 6.08 Å². The summed E-state index contributed by atoms with van der Waals surface area (Å²) in [5, 5.41) is 3.19. The van der Waals surface area contributed by atoms with Crippen LogP contribution in [0.1, 0.15) is 19.3 Å². The first kappa shape index (κ1) is 15.2. The summed E-state index contributed by atoms with van der Waals surface area (Å²) in [4.78, 5) is 0. The first-order valence-corrected chi connectivity index (χ1v) is 6.00. The molecule has 0 aromatic carbocycles. The highest BCUT2D eigenvalue weighted by molar-refractivity contribution is 5.07. The predicted octanol–water partition coefficient (Wildman–Crippen LogP) is 4.30. The van der Waals surface area contributed by atoms with Gasteiger partial charge in [0.15, 0.2) is 0 Å². The number of unbranched alkanes of at least 4 members (excludes halogenated alkanes) is 1. The van der Waals surface area contributed by atoms with Crippen molar-refractivity contribution < 1.29 is 0 Å². The summed E-state index contributed by atoms with van der Waals surface area (Å²) in [6, 6.07) is 0. The highest BCUT2D eigenvalue weighted by Gasteiger charge is 1.74. The van der Waals surface area contributed by atoms with Crippen molar-refractivity contribution in [1.29, 1.82) is 0 Å². The van der Waals surface area contributed by atoms with E-state index in [-0.39, 0.29) is 0 Å². The average molecular weight is 229 g/mol. The largest absolute Gasteiger partial charge is 0.388 e.